The Hall–Kier alpha value is -0.655. The summed E-state index contributed by atoms with van der Waals surface area (Å²) in [5, 5.41) is 56.8. The van der Waals surface area contributed by atoms with E-state index in [1.807, 2.05) is 24.3 Å². The summed E-state index contributed by atoms with van der Waals surface area (Å²) in [4.78, 5) is 26.6. The maximum Gasteiger partial charge on any atom is 0.317 e. The molecule has 0 radical (unpaired) electrons. The Balaban J connectivity index is 0. The van der Waals surface area contributed by atoms with Gasteiger partial charge in [-0.2, -0.15) is 12.8 Å². The van der Waals surface area contributed by atoms with Crippen molar-refractivity contribution in [3.8, 4) is 0 Å². The summed E-state index contributed by atoms with van der Waals surface area (Å²) in [6.45, 7) is 4.69. The van der Waals surface area contributed by atoms with Gasteiger partial charge in [-0.3, -0.25) is 9.69 Å². The molecule has 0 heterocycles. The molecule has 0 aromatic heterocycles. The molecule has 13 nitrogen and oxygen atoms in total. The molecule has 0 aliphatic rings. The number of anilines is 1. The zero-order chi connectivity index (χ0) is 28.2. The third-order valence-electron chi connectivity index (χ3n) is 5.80. The van der Waals surface area contributed by atoms with E-state index in [4.69, 9.17) is 12.2 Å². The Kier molecular flexibility index (Phi) is 27.0. The molecule has 0 saturated heterocycles. The Morgan fingerprint density at radius 2 is 1.68 bits per heavy atom. The topological polar surface area (TPSA) is 185 Å². The van der Waals surface area contributed by atoms with E-state index in [0.717, 1.165) is 37.7 Å². The minimum absolute atomic E-state index is 0. The summed E-state index contributed by atoms with van der Waals surface area (Å²) < 4.78 is 0. The van der Waals surface area contributed by atoms with Gasteiger partial charge in [0.25, 0.3) is 0 Å². The number of benzene rings is 1. The van der Waals surface area contributed by atoms with E-state index in [9.17, 15) is 30.8 Å². The summed E-state index contributed by atoms with van der Waals surface area (Å²) in [5.41, 5.74) is 1.72. The van der Waals surface area contributed by atoms with Crippen LogP contribution in [0.1, 0.15) is 24.8 Å². The predicted molar refractivity (Wildman–Crippen MR) is 141 cm³/mol. The Bertz CT molecular complexity index is 775. The number of nitrogens with zero attached hydrogens (tertiary/aromatic N) is 2. The maximum absolute atomic E-state index is 11.6. The van der Waals surface area contributed by atoms with E-state index in [1.165, 1.54) is 0 Å². The first-order valence-corrected chi connectivity index (χ1v) is 12.3. The van der Waals surface area contributed by atoms with Gasteiger partial charge in [0.2, 0.25) is 0 Å². The molecule has 0 fully saturated rings. The van der Waals surface area contributed by atoms with Gasteiger partial charge in [-0.25, -0.2) is 26.4 Å². The molecule has 234 valence electrons. The SMILES string of the molecule is CNC(=S)Nc1ccc(CC(CN(CCC(C[CH-]O[O-])C[CH-]O[O-])CC(=O)O)N(C[CH-]O)C[CH-]O[O-])cc1.[CH3-].[Gd]. The molecule has 0 spiro atoms. The van der Waals surface area contributed by atoms with Crippen LogP contribution in [-0.4, -0.2) is 76.9 Å². The van der Waals surface area contributed by atoms with Gasteiger partial charge in [-0.05, 0) is 49.3 Å². The number of rotatable bonds is 22. The minimum Gasteiger partial charge on any atom is -0.759 e. The Morgan fingerprint density at radius 3 is 2.17 bits per heavy atom. The first-order valence-electron chi connectivity index (χ1n) is 11.9. The normalized spacial score (nSPS) is 11.7. The number of carbonyl (C=O) groups is 1. The summed E-state index contributed by atoms with van der Waals surface area (Å²) in [5.74, 6) is -1.21. The van der Waals surface area contributed by atoms with Crippen molar-refractivity contribution >= 4 is 29.0 Å². The van der Waals surface area contributed by atoms with E-state index < -0.39 is 5.97 Å². The van der Waals surface area contributed by atoms with Crippen molar-refractivity contribution in [2.75, 3.05) is 45.1 Å². The standard InChI is InChI=1S/C24H38N4O9S.CH3.Gd/c1-25-24(38)26-21-4-2-20(3-5-21)16-22(28(10-12-29)11-15-37-34)17-27(18-23(30)31)9-6-19(7-13-35-32)8-14-36-33;;/h2-5,12-15,19,22,29,32-34H,6-11,16-18H2,1H3,(H,30,31)(H2,25,26,38);1H3;/q-4;-1;/p-3. The van der Waals surface area contributed by atoms with Gasteiger partial charge >= 0.3 is 5.97 Å². The number of aliphatic hydroxyl groups excluding tert-OH is 1. The summed E-state index contributed by atoms with van der Waals surface area (Å²) in [6.07, 6.45) is 1.43. The average Bonchev–Trinajstić information content (AvgIpc) is 2.90. The third-order valence-corrected chi connectivity index (χ3v) is 6.10. The zero-order valence-corrected chi connectivity index (χ0v) is 25.6. The molecule has 0 saturated carbocycles. The number of hydrogen-bond donors (Lipinski definition) is 4. The van der Waals surface area contributed by atoms with E-state index >= 15 is 0 Å². The van der Waals surface area contributed by atoms with Crippen molar-refractivity contribution < 1.29 is 85.4 Å². The summed E-state index contributed by atoms with van der Waals surface area (Å²) >= 11 is 5.12. The van der Waals surface area contributed by atoms with Crippen LogP contribution < -0.4 is 26.4 Å². The summed E-state index contributed by atoms with van der Waals surface area (Å²) in [7, 11) is 1.71. The maximum atomic E-state index is 11.6. The molecule has 15 heteroatoms. The fourth-order valence-electron chi connectivity index (χ4n) is 3.87. The van der Waals surface area contributed by atoms with Crippen molar-refractivity contribution in [3.63, 3.8) is 0 Å². The quantitative estimate of drug-likeness (QED) is 0.0511. The number of nitrogens with one attached hydrogen (secondary N) is 2. The van der Waals surface area contributed by atoms with Gasteiger partial charge < -0.3 is 63.6 Å². The number of aliphatic hydroxyl groups is 1. The molecule has 1 aromatic rings. The van der Waals surface area contributed by atoms with E-state index in [0.29, 0.717) is 24.5 Å². The smallest absolute Gasteiger partial charge is 0.317 e. The predicted octanol–water partition coefficient (Wildman–Crippen LogP) is -0.665. The van der Waals surface area contributed by atoms with Crippen LogP contribution in [0.25, 0.3) is 0 Å². The number of carboxylic acid groups (broad SMARTS) is 1. The molecule has 1 aromatic carbocycles. The van der Waals surface area contributed by atoms with Crippen molar-refractivity contribution in [3.05, 3.63) is 63.7 Å². The second-order valence-corrected chi connectivity index (χ2v) is 8.85. The first-order chi connectivity index (χ1) is 18.4. The minimum atomic E-state index is -1.03. The Labute approximate surface area is 274 Å². The molecule has 0 aliphatic carbocycles. The average molecular weight is 728 g/mol. The van der Waals surface area contributed by atoms with E-state index in [-0.39, 0.29) is 98.3 Å². The van der Waals surface area contributed by atoms with Crippen molar-refractivity contribution in [1.29, 1.82) is 0 Å². The van der Waals surface area contributed by atoms with Crippen LogP contribution in [0.5, 0.6) is 0 Å². The molecule has 0 aliphatic heterocycles. The van der Waals surface area contributed by atoms with Crippen LogP contribution in [0.4, 0.5) is 5.69 Å². The molecule has 1 rings (SSSR count). The van der Waals surface area contributed by atoms with Crippen LogP contribution in [0, 0.1) is 79.7 Å². The van der Waals surface area contributed by atoms with Gasteiger partial charge in [0.15, 0.2) is 5.11 Å². The van der Waals surface area contributed by atoms with Crippen LogP contribution in [0.15, 0.2) is 24.3 Å². The van der Waals surface area contributed by atoms with Gasteiger partial charge in [0.1, 0.15) is 0 Å². The Morgan fingerprint density at radius 1 is 1.07 bits per heavy atom. The number of hydrogen-bond acceptors (Lipinski definition) is 11. The van der Waals surface area contributed by atoms with Gasteiger partial charge in [-0.15, -0.1) is 13.1 Å². The molecule has 0 amide bonds. The first kappa shape index (κ1) is 41.5. The van der Waals surface area contributed by atoms with Gasteiger partial charge in [0.05, 0.1) is 6.54 Å². The van der Waals surface area contributed by atoms with Gasteiger partial charge in [0, 0.05) is 65.3 Å². The second kappa shape index (κ2) is 26.0. The summed E-state index contributed by atoms with van der Waals surface area (Å²) in [6, 6.07) is 7.18. The fraction of sp³-hybridized carbons (Fsp3) is 0.480. The molecule has 4 N–H and O–H groups in total. The zero-order valence-electron chi connectivity index (χ0n) is 22.5. The van der Waals surface area contributed by atoms with Gasteiger partial charge in [-0.1, -0.05) is 18.1 Å². The van der Waals surface area contributed by atoms with Crippen molar-refractivity contribution in [1.82, 2.24) is 15.1 Å². The van der Waals surface area contributed by atoms with E-state index in [1.54, 1.807) is 16.8 Å². The molecule has 0 bridgehead atoms. The molecular formula is C25H38GdN4O9S-8. The number of thiocarbonyl (C=S) groups is 1. The second-order valence-electron chi connectivity index (χ2n) is 8.44. The molecule has 40 heavy (non-hydrogen) atoms. The van der Waals surface area contributed by atoms with Crippen molar-refractivity contribution in [2.24, 2.45) is 5.92 Å². The van der Waals surface area contributed by atoms with Crippen LogP contribution in [0.3, 0.4) is 0 Å². The van der Waals surface area contributed by atoms with Crippen LogP contribution >= 0.6 is 12.2 Å². The monoisotopic (exact) mass is 728 g/mol. The van der Waals surface area contributed by atoms with E-state index in [2.05, 4.69) is 25.3 Å². The molecule has 1 atom stereocenters. The number of aliphatic carboxylic acids is 1. The van der Waals surface area contributed by atoms with Crippen LogP contribution in [0.2, 0.25) is 0 Å². The molecular weight excluding hydrogens is 690 g/mol. The largest absolute Gasteiger partial charge is 0.759 e. The van der Waals surface area contributed by atoms with Crippen LogP contribution in [-0.2, 0) is 25.9 Å². The van der Waals surface area contributed by atoms with Crippen molar-refractivity contribution in [2.45, 2.75) is 31.7 Å². The fourth-order valence-corrected chi connectivity index (χ4v) is 3.99. The third kappa shape index (κ3) is 18.7. The molecule has 1 unspecified atom stereocenters. The number of carboxylic acids is 1.